The van der Waals surface area contributed by atoms with E-state index in [1.54, 1.807) is 20.8 Å². The summed E-state index contributed by atoms with van der Waals surface area (Å²) in [6.07, 6.45) is 5.24. The van der Waals surface area contributed by atoms with E-state index in [4.69, 9.17) is 32.7 Å². The summed E-state index contributed by atoms with van der Waals surface area (Å²) in [6, 6.07) is 2.52. The fraction of sp³-hybridized carbons (Fsp3) is 0.667. The molecule has 4 saturated carbocycles. The molecule has 0 radical (unpaired) electrons. The maximum absolute atomic E-state index is 14.6. The topological polar surface area (TPSA) is 35.5 Å². The van der Waals surface area contributed by atoms with E-state index in [-0.39, 0.29) is 21.6 Å². The first-order valence-corrected chi connectivity index (χ1v) is 10.4. The van der Waals surface area contributed by atoms with Gasteiger partial charge in [-0.05, 0) is 76.7 Å². The number of esters is 1. The number of ether oxygens (including phenoxy) is 2. The molecule has 0 saturated heterocycles. The highest BCUT2D eigenvalue weighted by Gasteiger charge is 2.55. The minimum absolute atomic E-state index is 0.0118. The lowest BCUT2D eigenvalue weighted by molar-refractivity contribution is -0.0697. The van der Waals surface area contributed by atoms with Crippen molar-refractivity contribution >= 4 is 29.2 Å². The van der Waals surface area contributed by atoms with E-state index in [0.717, 1.165) is 32.1 Å². The molecule has 6 heteroatoms. The molecule has 0 spiro atoms. The van der Waals surface area contributed by atoms with Crippen LogP contribution in [0.1, 0.15) is 63.2 Å². The van der Waals surface area contributed by atoms with Crippen LogP contribution in [0.25, 0.3) is 0 Å². The maximum atomic E-state index is 14.6. The van der Waals surface area contributed by atoms with Gasteiger partial charge < -0.3 is 9.47 Å². The molecule has 0 heterocycles. The van der Waals surface area contributed by atoms with Crippen LogP contribution in [-0.2, 0) is 4.74 Å². The third-order valence-corrected chi connectivity index (χ3v) is 6.77. The van der Waals surface area contributed by atoms with Gasteiger partial charge in [-0.2, -0.15) is 0 Å². The number of benzene rings is 1. The lowest BCUT2D eigenvalue weighted by Gasteiger charge is -2.57. The Hall–Kier alpha value is -1.00. The average molecular weight is 415 g/mol. The fourth-order valence-electron chi connectivity index (χ4n) is 5.33. The quantitative estimate of drug-likeness (QED) is 0.449. The predicted molar refractivity (Wildman–Crippen MR) is 103 cm³/mol. The number of halogens is 3. The van der Waals surface area contributed by atoms with Crippen LogP contribution in [0.2, 0.25) is 5.02 Å². The van der Waals surface area contributed by atoms with E-state index >= 15 is 0 Å². The Morgan fingerprint density at radius 3 is 2.37 bits per heavy atom. The molecule has 148 valence electrons. The molecule has 5 rings (SSSR count). The third-order valence-electron chi connectivity index (χ3n) is 6.02. The van der Waals surface area contributed by atoms with Crippen LogP contribution < -0.4 is 4.74 Å². The zero-order valence-electron chi connectivity index (χ0n) is 15.9. The Morgan fingerprint density at radius 1 is 1.19 bits per heavy atom. The van der Waals surface area contributed by atoms with Crippen LogP contribution in [0.15, 0.2) is 12.1 Å². The molecule has 2 unspecified atom stereocenters. The number of rotatable bonds is 3. The van der Waals surface area contributed by atoms with Crippen LogP contribution in [0.5, 0.6) is 5.75 Å². The van der Waals surface area contributed by atoms with Gasteiger partial charge in [-0.1, -0.05) is 11.6 Å². The molecule has 3 nitrogen and oxygen atoms in total. The summed E-state index contributed by atoms with van der Waals surface area (Å²) in [4.78, 5) is 12.1. The molecule has 0 aliphatic heterocycles. The van der Waals surface area contributed by atoms with Crippen molar-refractivity contribution in [2.24, 2.45) is 17.8 Å². The van der Waals surface area contributed by atoms with Gasteiger partial charge >= 0.3 is 5.97 Å². The van der Waals surface area contributed by atoms with Gasteiger partial charge in [0.1, 0.15) is 23.3 Å². The Kier molecular flexibility index (Phi) is 4.67. The molecule has 0 N–H and O–H groups in total. The number of hydrogen-bond donors (Lipinski definition) is 0. The SMILES string of the molecule is CC(C)(C)OC(=O)c1cc(Cl)c(O[C@H]2C3CC4CC2C[C@@](Cl)(C4)C3)cc1F. The predicted octanol–water partition coefficient (Wildman–Crippen LogP) is 6.00. The first-order valence-electron chi connectivity index (χ1n) is 9.61. The summed E-state index contributed by atoms with van der Waals surface area (Å²) in [5.74, 6) is 0.342. The van der Waals surface area contributed by atoms with Crippen LogP contribution in [0, 0.1) is 23.6 Å². The van der Waals surface area contributed by atoms with Crippen molar-refractivity contribution in [1.82, 2.24) is 0 Å². The summed E-state index contributed by atoms with van der Waals surface area (Å²) >= 11 is 13.1. The average Bonchev–Trinajstić information content (AvgIpc) is 2.50. The first-order chi connectivity index (χ1) is 12.5. The largest absolute Gasteiger partial charge is 0.488 e. The van der Waals surface area contributed by atoms with Gasteiger partial charge in [-0.3, -0.25) is 0 Å². The highest BCUT2D eigenvalue weighted by Crippen LogP contribution is 2.59. The second kappa shape index (κ2) is 6.52. The standard InChI is InChI=1S/C21H25Cl2FO3/c1-20(2,3)27-19(25)14-6-15(22)17(7-16(14)24)26-18-12-4-11-5-13(18)10-21(23,8-11)9-12/h6-7,11-13,18H,4-5,8-10H2,1-3H3/t11?,12?,13?,18-,21+. The lowest BCUT2D eigenvalue weighted by Crippen LogP contribution is -2.56. The van der Waals surface area contributed by atoms with Gasteiger partial charge in [0, 0.05) is 10.9 Å². The van der Waals surface area contributed by atoms with Crippen LogP contribution >= 0.6 is 23.2 Å². The van der Waals surface area contributed by atoms with Gasteiger partial charge in [0.15, 0.2) is 0 Å². The van der Waals surface area contributed by atoms with E-state index in [0.29, 0.717) is 23.5 Å². The number of carbonyl (C=O) groups excluding carboxylic acids is 1. The van der Waals surface area contributed by atoms with Crippen molar-refractivity contribution in [2.45, 2.75) is 69.5 Å². The summed E-state index contributed by atoms with van der Waals surface area (Å²) in [6.45, 7) is 5.20. The molecule has 4 aliphatic rings. The van der Waals surface area contributed by atoms with Crippen LogP contribution in [0.4, 0.5) is 4.39 Å². The van der Waals surface area contributed by atoms with E-state index in [2.05, 4.69) is 0 Å². The zero-order chi connectivity index (χ0) is 19.6. The van der Waals surface area contributed by atoms with E-state index in [1.165, 1.54) is 12.1 Å². The van der Waals surface area contributed by atoms with Crippen molar-refractivity contribution in [1.29, 1.82) is 0 Å². The second-order valence-electron chi connectivity index (χ2n) is 9.47. The highest BCUT2D eigenvalue weighted by molar-refractivity contribution is 6.32. The molecule has 1 aromatic rings. The van der Waals surface area contributed by atoms with E-state index in [9.17, 15) is 9.18 Å². The molecule has 0 amide bonds. The lowest BCUT2D eigenvalue weighted by atomic mass is 9.54. The smallest absolute Gasteiger partial charge is 0.341 e. The molecule has 2 atom stereocenters. The molecular weight excluding hydrogens is 390 g/mol. The van der Waals surface area contributed by atoms with Crippen molar-refractivity contribution < 1.29 is 18.7 Å². The molecule has 4 bridgehead atoms. The van der Waals surface area contributed by atoms with Gasteiger partial charge in [0.2, 0.25) is 0 Å². The number of alkyl halides is 1. The molecule has 27 heavy (non-hydrogen) atoms. The van der Waals surface area contributed by atoms with Gasteiger partial charge in [0.05, 0.1) is 10.6 Å². The Balaban J connectivity index is 1.54. The Labute approximate surface area is 169 Å². The van der Waals surface area contributed by atoms with Crippen molar-refractivity contribution in [2.75, 3.05) is 0 Å². The minimum atomic E-state index is -0.729. The number of carbonyl (C=O) groups is 1. The van der Waals surface area contributed by atoms with Gasteiger partial charge in [-0.25, -0.2) is 9.18 Å². The third kappa shape index (κ3) is 3.80. The van der Waals surface area contributed by atoms with Gasteiger partial charge in [-0.15, -0.1) is 11.6 Å². The molecular formula is C21H25Cl2FO3. The van der Waals surface area contributed by atoms with Crippen LogP contribution in [0.3, 0.4) is 0 Å². The van der Waals surface area contributed by atoms with Gasteiger partial charge in [0.25, 0.3) is 0 Å². The number of hydrogen-bond acceptors (Lipinski definition) is 3. The Morgan fingerprint density at radius 2 is 1.81 bits per heavy atom. The minimum Gasteiger partial charge on any atom is -0.488 e. The molecule has 4 fully saturated rings. The normalized spacial score (nSPS) is 34.6. The van der Waals surface area contributed by atoms with Crippen molar-refractivity contribution in [3.8, 4) is 5.75 Å². The molecule has 4 aliphatic carbocycles. The summed E-state index contributed by atoms with van der Waals surface area (Å²) in [7, 11) is 0. The molecule has 0 aromatic heterocycles. The van der Waals surface area contributed by atoms with E-state index in [1.807, 2.05) is 0 Å². The second-order valence-corrected chi connectivity index (χ2v) is 10.7. The Bertz CT molecular complexity index is 757. The van der Waals surface area contributed by atoms with Crippen molar-refractivity contribution in [3.05, 3.63) is 28.5 Å². The highest BCUT2D eigenvalue weighted by atomic mass is 35.5. The molecule has 1 aromatic carbocycles. The van der Waals surface area contributed by atoms with Crippen LogP contribution in [-0.4, -0.2) is 22.5 Å². The summed E-state index contributed by atoms with van der Waals surface area (Å²) in [5, 5.41) is 0.228. The van der Waals surface area contributed by atoms with E-state index < -0.39 is 17.4 Å². The first kappa shape index (κ1) is 19.3. The maximum Gasteiger partial charge on any atom is 0.341 e. The summed E-state index contributed by atoms with van der Waals surface area (Å²) in [5.41, 5.74) is -0.879. The monoisotopic (exact) mass is 414 g/mol. The zero-order valence-corrected chi connectivity index (χ0v) is 17.4. The van der Waals surface area contributed by atoms with Crippen molar-refractivity contribution in [3.63, 3.8) is 0 Å². The summed E-state index contributed by atoms with van der Waals surface area (Å²) < 4.78 is 26.0. The fourth-order valence-corrected chi connectivity index (χ4v) is 6.15.